The number of rotatable bonds is 6. The molecule has 0 amide bonds. The molecule has 1 atom stereocenters. The molecular weight excluding hydrogens is 336 g/mol. The highest BCUT2D eigenvalue weighted by Crippen LogP contribution is 2.34. The van der Waals surface area contributed by atoms with Gasteiger partial charge in [-0.3, -0.25) is 4.98 Å². The first-order chi connectivity index (χ1) is 13.3. The van der Waals surface area contributed by atoms with Gasteiger partial charge in [0.1, 0.15) is 18.5 Å². The minimum Gasteiger partial charge on any atom is -0.490 e. The molecule has 0 bridgehead atoms. The summed E-state index contributed by atoms with van der Waals surface area (Å²) in [5, 5.41) is 11.5. The van der Waals surface area contributed by atoms with Crippen LogP contribution in [0.2, 0.25) is 0 Å². The summed E-state index contributed by atoms with van der Waals surface area (Å²) in [4.78, 5) is 6.89. The van der Waals surface area contributed by atoms with Gasteiger partial charge in [0.25, 0.3) is 0 Å². The fraction of sp³-hybridized carbons (Fsp3) is 0.348. The van der Waals surface area contributed by atoms with Crippen molar-refractivity contribution in [2.24, 2.45) is 0 Å². The molecule has 1 saturated heterocycles. The van der Waals surface area contributed by atoms with E-state index in [9.17, 15) is 5.11 Å². The van der Waals surface area contributed by atoms with Crippen molar-refractivity contribution >= 4 is 10.9 Å². The zero-order valence-electron chi connectivity index (χ0n) is 15.6. The third-order valence-corrected chi connectivity index (χ3v) is 5.16. The minimum absolute atomic E-state index is 0.297. The summed E-state index contributed by atoms with van der Waals surface area (Å²) < 4.78 is 6.04. The van der Waals surface area contributed by atoms with E-state index in [4.69, 9.17) is 4.74 Å². The zero-order chi connectivity index (χ0) is 18.5. The molecule has 4 rings (SSSR count). The van der Waals surface area contributed by atoms with Crippen LogP contribution in [0, 0.1) is 0 Å². The fourth-order valence-electron chi connectivity index (χ4n) is 3.82. The summed E-state index contributed by atoms with van der Waals surface area (Å²) >= 11 is 0. The van der Waals surface area contributed by atoms with Crippen LogP contribution in [-0.2, 0) is 0 Å². The fourth-order valence-corrected chi connectivity index (χ4v) is 3.82. The van der Waals surface area contributed by atoms with E-state index in [-0.39, 0.29) is 0 Å². The van der Waals surface area contributed by atoms with Crippen molar-refractivity contribution < 1.29 is 9.84 Å². The molecule has 140 valence electrons. The number of fused-ring (bicyclic) bond motifs is 1. The molecule has 27 heavy (non-hydrogen) atoms. The number of aliphatic hydroxyl groups excluding tert-OH is 1. The van der Waals surface area contributed by atoms with E-state index in [0.29, 0.717) is 13.2 Å². The lowest BCUT2D eigenvalue weighted by Gasteiger charge is -2.28. The number of likely N-dealkylation sites (tertiary alicyclic amines) is 1. The Morgan fingerprint density at radius 1 is 0.926 bits per heavy atom. The maximum atomic E-state index is 10.4. The number of aliphatic hydroxyl groups is 1. The Hall–Kier alpha value is -2.43. The quantitative estimate of drug-likeness (QED) is 0.716. The molecule has 1 aliphatic rings. The second kappa shape index (κ2) is 8.51. The molecule has 0 aliphatic carbocycles. The van der Waals surface area contributed by atoms with Crippen molar-refractivity contribution in [1.29, 1.82) is 0 Å². The Bertz CT molecular complexity index is 885. The van der Waals surface area contributed by atoms with Gasteiger partial charge in [-0.2, -0.15) is 0 Å². The summed E-state index contributed by atoms with van der Waals surface area (Å²) in [5.74, 6) is 0.786. The van der Waals surface area contributed by atoms with Gasteiger partial charge in [0.2, 0.25) is 0 Å². The Balaban J connectivity index is 1.51. The predicted octanol–water partition coefficient (Wildman–Crippen LogP) is 4.13. The zero-order valence-corrected chi connectivity index (χ0v) is 15.6. The predicted molar refractivity (Wildman–Crippen MR) is 109 cm³/mol. The van der Waals surface area contributed by atoms with Gasteiger partial charge in [-0.05, 0) is 38.1 Å². The van der Waals surface area contributed by atoms with Crippen LogP contribution in [-0.4, -0.2) is 47.3 Å². The van der Waals surface area contributed by atoms with Crippen molar-refractivity contribution in [2.45, 2.75) is 25.4 Å². The molecule has 0 unspecified atom stereocenters. The van der Waals surface area contributed by atoms with E-state index in [1.165, 1.54) is 19.3 Å². The largest absolute Gasteiger partial charge is 0.490 e. The lowest BCUT2D eigenvalue weighted by Crippen LogP contribution is -2.38. The van der Waals surface area contributed by atoms with Crippen molar-refractivity contribution in [1.82, 2.24) is 9.88 Å². The van der Waals surface area contributed by atoms with Crippen LogP contribution < -0.4 is 4.74 Å². The number of ether oxygens (including phenoxy) is 1. The summed E-state index contributed by atoms with van der Waals surface area (Å²) in [6.07, 6.45) is 5.09. The molecule has 4 nitrogen and oxygen atoms in total. The van der Waals surface area contributed by atoms with Gasteiger partial charge in [-0.25, -0.2) is 0 Å². The molecule has 2 heterocycles. The molecule has 3 aromatic rings. The normalized spacial score (nSPS) is 16.3. The van der Waals surface area contributed by atoms with E-state index in [1.54, 1.807) is 0 Å². The molecule has 0 spiro atoms. The first-order valence-electron chi connectivity index (χ1n) is 9.77. The Morgan fingerprint density at radius 2 is 1.70 bits per heavy atom. The number of nitrogens with zero attached hydrogens (tertiary/aromatic N) is 2. The topological polar surface area (TPSA) is 45.6 Å². The number of piperidine rings is 1. The summed E-state index contributed by atoms with van der Waals surface area (Å²) in [5.41, 5.74) is 3.02. The van der Waals surface area contributed by atoms with Gasteiger partial charge in [0.15, 0.2) is 0 Å². The van der Waals surface area contributed by atoms with Gasteiger partial charge < -0.3 is 14.7 Å². The molecule has 1 aliphatic heterocycles. The van der Waals surface area contributed by atoms with Crippen LogP contribution in [0.3, 0.4) is 0 Å². The van der Waals surface area contributed by atoms with Crippen LogP contribution >= 0.6 is 0 Å². The van der Waals surface area contributed by atoms with Crippen molar-refractivity contribution in [3.05, 3.63) is 60.8 Å². The highest BCUT2D eigenvalue weighted by molar-refractivity contribution is 5.94. The number of hydrogen-bond donors (Lipinski definition) is 1. The monoisotopic (exact) mass is 362 g/mol. The molecular formula is C23H26N2O2. The second-order valence-corrected chi connectivity index (χ2v) is 7.20. The van der Waals surface area contributed by atoms with Gasteiger partial charge in [0, 0.05) is 29.3 Å². The number of para-hydroxylation sites is 2. The molecule has 2 aromatic carbocycles. The maximum absolute atomic E-state index is 10.4. The minimum atomic E-state index is -0.484. The molecule has 1 fully saturated rings. The van der Waals surface area contributed by atoms with E-state index < -0.39 is 6.10 Å². The van der Waals surface area contributed by atoms with Gasteiger partial charge in [-0.15, -0.1) is 0 Å². The highest BCUT2D eigenvalue weighted by Gasteiger charge is 2.16. The van der Waals surface area contributed by atoms with Gasteiger partial charge in [0.05, 0.1) is 5.52 Å². The SMILES string of the molecule is O[C@H](COc1ccccc1-c1cccc2cccnc12)CN1CCCCC1. The van der Waals surface area contributed by atoms with Crippen molar-refractivity contribution in [3.8, 4) is 16.9 Å². The van der Waals surface area contributed by atoms with Crippen LogP contribution in [0.25, 0.3) is 22.0 Å². The maximum Gasteiger partial charge on any atom is 0.127 e. The van der Waals surface area contributed by atoms with Crippen molar-refractivity contribution in [3.63, 3.8) is 0 Å². The number of benzene rings is 2. The molecule has 0 saturated carbocycles. The van der Waals surface area contributed by atoms with Crippen molar-refractivity contribution in [2.75, 3.05) is 26.2 Å². The van der Waals surface area contributed by atoms with Crippen LogP contribution in [0.4, 0.5) is 0 Å². The number of pyridine rings is 1. The smallest absolute Gasteiger partial charge is 0.127 e. The first kappa shape index (κ1) is 18.0. The lowest BCUT2D eigenvalue weighted by atomic mass is 10.0. The molecule has 1 N–H and O–H groups in total. The molecule has 4 heteroatoms. The van der Waals surface area contributed by atoms with Crippen LogP contribution in [0.5, 0.6) is 5.75 Å². The van der Waals surface area contributed by atoms with E-state index in [1.807, 2.05) is 36.5 Å². The number of aromatic nitrogens is 1. The Labute approximate surface area is 160 Å². The second-order valence-electron chi connectivity index (χ2n) is 7.20. The average Bonchev–Trinajstić information content (AvgIpc) is 2.73. The summed E-state index contributed by atoms with van der Waals surface area (Å²) in [7, 11) is 0. The van der Waals surface area contributed by atoms with Gasteiger partial charge >= 0.3 is 0 Å². The Morgan fingerprint density at radius 3 is 2.59 bits per heavy atom. The lowest BCUT2D eigenvalue weighted by molar-refractivity contribution is 0.0619. The third-order valence-electron chi connectivity index (χ3n) is 5.16. The van der Waals surface area contributed by atoms with E-state index in [0.717, 1.165) is 40.9 Å². The number of β-amino-alcohol motifs (C(OH)–C–C–N with tert-alkyl or cyclic N) is 1. The number of hydrogen-bond acceptors (Lipinski definition) is 4. The third kappa shape index (κ3) is 4.29. The average molecular weight is 362 g/mol. The van der Waals surface area contributed by atoms with Crippen LogP contribution in [0.15, 0.2) is 60.8 Å². The Kier molecular flexibility index (Phi) is 5.66. The summed E-state index contributed by atoms with van der Waals surface area (Å²) in [6, 6.07) is 18.2. The van der Waals surface area contributed by atoms with E-state index in [2.05, 4.69) is 34.1 Å². The van der Waals surface area contributed by atoms with Crippen LogP contribution in [0.1, 0.15) is 19.3 Å². The first-order valence-corrected chi connectivity index (χ1v) is 9.77. The highest BCUT2D eigenvalue weighted by atomic mass is 16.5. The van der Waals surface area contributed by atoms with Gasteiger partial charge in [-0.1, -0.05) is 48.9 Å². The summed E-state index contributed by atoms with van der Waals surface area (Å²) in [6.45, 7) is 3.13. The molecule has 1 aromatic heterocycles. The van der Waals surface area contributed by atoms with E-state index >= 15 is 0 Å². The molecule has 0 radical (unpaired) electrons. The standard InChI is InChI=1S/C23H26N2O2/c26-19(16-25-14-4-1-5-15-25)17-27-22-12-3-2-10-20(22)21-11-6-8-18-9-7-13-24-23(18)21/h2-3,6-13,19,26H,1,4-5,14-17H2/t19-/m0/s1.